The molecule has 9 heteroatoms. The van der Waals surface area contributed by atoms with Gasteiger partial charge in [-0.25, -0.2) is 4.98 Å². The zero-order chi connectivity index (χ0) is 28.9. The summed E-state index contributed by atoms with van der Waals surface area (Å²) in [5, 5.41) is 2.90. The molecule has 41 heavy (non-hydrogen) atoms. The number of carbonyl (C=O) groups excluding carboxylic acids is 2. The molecule has 1 saturated heterocycles. The van der Waals surface area contributed by atoms with E-state index in [0.717, 1.165) is 46.9 Å². The molecule has 214 valence electrons. The number of amides is 2. The second kappa shape index (κ2) is 12.7. The number of hydrogen-bond donors (Lipinski definition) is 3. The van der Waals surface area contributed by atoms with E-state index in [4.69, 9.17) is 23.1 Å². The van der Waals surface area contributed by atoms with Gasteiger partial charge in [0.1, 0.15) is 0 Å². The van der Waals surface area contributed by atoms with Gasteiger partial charge in [0.2, 0.25) is 11.8 Å². The van der Waals surface area contributed by atoms with Gasteiger partial charge in [-0.2, -0.15) is 0 Å². The molecule has 5 rings (SSSR count). The number of benzene rings is 3. The predicted octanol–water partition coefficient (Wildman–Crippen LogP) is 4.88. The highest BCUT2D eigenvalue weighted by atomic mass is 35.5. The Kier molecular flexibility index (Phi) is 8.90. The van der Waals surface area contributed by atoms with Crippen molar-refractivity contribution in [3.8, 4) is 0 Å². The number of fused-ring (bicyclic) bond motifs is 1. The van der Waals surface area contributed by atoms with E-state index in [9.17, 15) is 9.59 Å². The minimum Gasteiger partial charge on any atom is -0.369 e. The Morgan fingerprint density at radius 1 is 1.02 bits per heavy atom. The van der Waals surface area contributed by atoms with E-state index < -0.39 is 6.04 Å². The maximum absolute atomic E-state index is 13.6. The average Bonchev–Trinajstić information content (AvgIpc) is 3.38. The van der Waals surface area contributed by atoms with Crippen molar-refractivity contribution in [3.05, 3.63) is 94.8 Å². The quantitative estimate of drug-likeness (QED) is 0.264. The van der Waals surface area contributed by atoms with Crippen LogP contribution in [0, 0.1) is 0 Å². The van der Waals surface area contributed by atoms with Crippen molar-refractivity contribution >= 4 is 40.1 Å². The molecule has 0 spiro atoms. The molecule has 1 aromatic heterocycles. The molecule has 0 saturated carbocycles. The molecule has 0 bridgehead atoms. The number of aromatic nitrogens is 2. The number of anilines is 1. The van der Waals surface area contributed by atoms with E-state index >= 15 is 0 Å². The molecule has 1 fully saturated rings. The van der Waals surface area contributed by atoms with E-state index in [0.29, 0.717) is 30.5 Å². The Labute approximate surface area is 245 Å². The lowest BCUT2D eigenvalue weighted by Crippen LogP contribution is -2.60. The number of nitrogens with one attached hydrogen (secondary N) is 1. The van der Waals surface area contributed by atoms with Gasteiger partial charge in [0.25, 0.3) is 0 Å². The molecule has 2 amide bonds. The third-order valence-electron chi connectivity index (χ3n) is 7.98. The zero-order valence-electron chi connectivity index (χ0n) is 23.3. The van der Waals surface area contributed by atoms with Gasteiger partial charge in [-0.05, 0) is 60.2 Å². The smallest absolute Gasteiger partial charge is 0.227 e. The first-order chi connectivity index (χ1) is 19.8. The predicted molar refractivity (Wildman–Crippen MR) is 163 cm³/mol. The van der Waals surface area contributed by atoms with Crippen LogP contribution >= 0.6 is 11.6 Å². The molecular weight excluding hydrogens is 536 g/mol. The van der Waals surface area contributed by atoms with Crippen molar-refractivity contribution in [1.29, 1.82) is 0 Å². The molecule has 4 aromatic rings. The number of hydrogen-bond acceptors (Lipinski definition) is 5. The first kappa shape index (κ1) is 28.6. The maximum atomic E-state index is 13.6. The van der Waals surface area contributed by atoms with Gasteiger partial charge in [-0.3, -0.25) is 9.59 Å². The van der Waals surface area contributed by atoms with Gasteiger partial charge >= 0.3 is 0 Å². The van der Waals surface area contributed by atoms with Gasteiger partial charge in [-0.1, -0.05) is 66.2 Å². The Bertz CT molecular complexity index is 1500. The van der Waals surface area contributed by atoms with Gasteiger partial charge in [-0.15, -0.1) is 0 Å². The molecule has 1 aliphatic rings. The van der Waals surface area contributed by atoms with Crippen LogP contribution in [0.5, 0.6) is 0 Å². The van der Waals surface area contributed by atoms with Crippen LogP contribution in [0.3, 0.4) is 0 Å². The molecule has 8 nitrogen and oxygen atoms in total. The zero-order valence-corrected chi connectivity index (χ0v) is 24.1. The number of H-pyrrole nitrogens is 1. The fourth-order valence-electron chi connectivity index (χ4n) is 5.73. The van der Waals surface area contributed by atoms with Crippen LogP contribution in [-0.2, 0) is 22.4 Å². The second-order valence-electron chi connectivity index (χ2n) is 11.0. The second-order valence-corrected chi connectivity index (χ2v) is 11.4. The topological polar surface area (TPSA) is 121 Å². The first-order valence-electron chi connectivity index (χ1n) is 14.1. The highest BCUT2D eigenvalue weighted by Gasteiger charge is 2.36. The third kappa shape index (κ3) is 7.07. The largest absolute Gasteiger partial charge is 0.369 e. The standard InChI is InChI=1S/C32H37ClN6O2/c1-21-19-39(31(41)17-29(34)24-11-13-26(33)14-12-24)28(8-4-7-27-18-36-32(35)37-27)20-38(21)30(40)16-22-9-10-23-5-2-3-6-25(23)15-22/h2-3,5-6,9-15,18,21,28-29H,4,7-8,16-17,19-20,34H2,1H3,(H3,35,36,37). The lowest BCUT2D eigenvalue weighted by Gasteiger charge is -2.46. The SMILES string of the molecule is CC1CN(C(=O)CC(N)c2ccc(Cl)cc2)C(CCCc2cnc(N)[nH]2)CN1C(=O)Cc1ccc2ccccc2c1. The minimum absolute atomic E-state index is 0.00304. The van der Waals surface area contributed by atoms with Crippen LogP contribution in [0.4, 0.5) is 5.95 Å². The van der Waals surface area contributed by atoms with Crippen molar-refractivity contribution in [2.24, 2.45) is 5.73 Å². The monoisotopic (exact) mass is 572 g/mol. The number of nitrogen functional groups attached to an aromatic ring is 1. The highest BCUT2D eigenvalue weighted by molar-refractivity contribution is 6.30. The highest BCUT2D eigenvalue weighted by Crippen LogP contribution is 2.25. The molecule has 3 unspecified atom stereocenters. The molecular formula is C32H37ClN6O2. The fourth-order valence-corrected chi connectivity index (χ4v) is 5.85. The van der Waals surface area contributed by atoms with E-state index in [2.05, 4.69) is 34.2 Å². The summed E-state index contributed by atoms with van der Waals surface area (Å²) in [7, 11) is 0. The van der Waals surface area contributed by atoms with Crippen molar-refractivity contribution in [1.82, 2.24) is 19.8 Å². The van der Waals surface area contributed by atoms with E-state index in [1.807, 2.05) is 47.1 Å². The van der Waals surface area contributed by atoms with Crippen LogP contribution in [0.1, 0.15) is 49.0 Å². The number of halogens is 1. The first-order valence-corrected chi connectivity index (χ1v) is 14.5. The van der Waals surface area contributed by atoms with Crippen LogP contribution < -0.4 is 11.5 Å². The molecule has 5 N–H and O–H groups in total. The Morgan fingerprint density at radius 2 is 1.78 bits per heavy atom. The third-order valence-corrected chi connectivity index (χ3v) is 8.23. The van der Waals surface area contributed by atoms with Gasteiger partial charge in [0.05, 0.1) is 12.6 Å². The molecule has 0 radical (unpaired) electrons. The average molecular weight is 573 g/mol. The number of aromatic amines is 1. The number of imidazole rings is 1. The number of aryl methyl sites for hydroxylation is 1. The van der Waals surface area contributed by atoms with Crippen molar-refractivity contribution in [2.45, 2.75) is 57.2 Å². The summed E-state index contributed by atoms with van der Waals surface area (Å²) in [5.41, 5.74) is 15.0. The van der Waals surface area contributed by atoms with Crippen LogP contribution in [0.25, 0.3) is 10.8 Å². The van der Waals surface area contributed by atoms with E-state index in [1.165, 1.54) is 0 Å². The normalized spacial score (nSPS) is 18.0. The summed E-state index contributed by atoms with van der Waals surface area (Å²) in [6, 6.07) is 21.0. The number of nitrogens with two attached hydrogens (primary N) is 2. The molecule has 3 atom stereocenters. The fraction of sp³-hybridized carbons (Fsp3) is 0.344. The summed E-state index contributed by atoms with van der Waals surface area (Å²) >= 11 is 6.03. The summed E-state index contributed by atoms with van der Waals surface area (Å²) in [6.07, 6.45) is 4.57. The van der Waals surface area contributed by atoms with E-state index in [-0.39, 0.29) is 30.3 Å². The number of rotatable bonds is 9. The maximum Gasteiger partial charge on any atom is 0.227 e. The molecule has 0 aliphatic carbocycles. The Hall–Kier alpha value is -3.88. The van der Waals surface area contributed by atoms with Crippen LogP contribution in [0.2, 0.25) is 5.02 Å². The Balaban J connectivity index is 1.29. The lowest BCUT2D eigenvalue weighted by molar-refractivity contribution is -0.146. The van der Waals surface area contributed by atoms with E-state index in [1.54, 1.807) is 18.3 Å². The van der Waals surface area contributed by atoms with Crippen molar-refractivity contribution in [2.75, 3.05) is 18.8 Å². The summed E-state index contributed by atoms with van der Waals surface area (Å²) in [5.74, 6) is 0.464. The van der Waals surface area contributed by atoms with Crippen molar-refractivity contribution in [3.63, 3.8) is 0 Å². The van der Waals surface area contributed by atoms with Gasteiger partial charge in [0.15, 0.2) is 5.95 Å². The number of nitrogens with zero attached hydrogens (tertiary/aromatic N) is 3. The number of carbonyl (C=O) groups is 2. The molecule has 3 aromatic carbocycles. The number of piperazine rings is 1. The van der Waals surface area contributed by atoms with Crippen LogP contribution in [0.15, 0.2) is 72.9 Å². The summed E-state index contributed by atoms with van der Waals surface area (Å²) < 4.78 is 0. The van der Waals surface area contributed by atoms with Gasteiger partial charge in [0, 0.05) is 48.4 Å². The van der Waals surface area contributed by atoms with Crippen molar-refractivity contribution < 1.29 is 9.59 Å². The summed E-state index contributed by atoms with van der Waals surface area (Å²) in [4.78, 5) is 38.2. The minimum atomic E-state index is -0.434. The molecule has 2 heterocycles. The Morgan fingerprint density at radius 3 is 2.51 bits per heavy atom. The van der Waals surface area contributed by atoms with Gasteiger partial charge < -0.3 is 26.3 Å². The van der Waals surface area contributed by atoms with Crippen LogP contribution in [-0.4, -0.2) is 56.8 Å². The lowest BCUT2D eigenvalue weighted by atomic mass is 9.97. The molecule has 1 aliphatic heterocycles. The summed E-state index contributed by atoms with van der Waals surface area (Å²) in [6.45, 7) is 2.97.